The number of rotatable bonds is 5. The number of benzene rings is 3. The fourth-order valence-electron chi connectivity index (χ4n) is 2.98. The summed E-state index contributed by atoms with van der Waals surface area (Å²) >= 11 is 18.0. The van der Waals surface area contributed by atoms with Gasteiger partial charge in [0.2, 0.25) is 0 Å². The molecular formula is C23H15Cl3N4O2. The summed E-state index contributed by atoms with van der Waals surface area (Å²) in [6, 6.07) is 20.3. The average Bonchev–Trinajstić information content (AvgIpc) is 3.19. The van der Waals surface area contributed by atoms with E-state index in [9.17, 15) is 9.59 Å². The summed E-state index contributed by atoms with van der Waals surface area (Å²) in [5, 5.41) is 11.0. The zero-order chi connectivity index (χ0) is 22.7. The third kappa shape index (κ3) is 4.78. The SMILES string of the molecule is O=C(Nc1c(C(=O)Nc2ccc(Cl)cc2)cnn1-c1ccccc1)c1ccc(Cl)cc1Cl. The number of hydrogen-bond acceptors (Lipinski definition) is 3. The highest BCUT2D eigenvalue weighted by Crippen LogP contribution is 2.26. The lowest BCUT2D eigenvalue weighted by Crippen LogP contribution is -2.20. The molecule has 0 fully saturated rings. The number of anilines is 2. The third-order valence-electron chi connectivity index (χ3n) is 4.52. The van der Waals surface area contributed by atoms with Crippen molar-refractivity contribution in [2.75, 3.05) is 10.6 Å². The lowest BCUT2D eigenvalue weighted by molar-refractivity contribution is 0.102. The van der Waals surface area contributed by atoms with Gasteiger partial charge in [0.1, 0.15) is 11.4 Å². The van der Waals surface area contributed by atoms with Gasteiger partial charge in [-0.25, -0.2) is 4.68 Å². The molecule has 0 saturated heterocycles. The molecule has 6 nitrogen and oxygen atoms in total. The molecule has 0 radical (unpaired) electrons. The molecule has 2 N–H and O–H groups in total. The molecule has 160 valence electrons. The maximum Gasteiger partial charge on any atom is 0.261 e. The number of nitrogens with one attached hydrogen (secondary N) is 2. The lowest BCUT2D eigenvalue weighted by atomic mass is 10.2. The first-order valence-electron chi connectivity index (χ1n) is 9.39. The number of carbonyl (C=O) groups excluding carboxylic acids is 2. The van der Waals surface area contributed by atoms with Crippen LogP contribution in [0.5, 0.6) is 0 Å². The van der Waals surface area contributed by atoms with Gasteiger partial charge in [-0.3, -0.25) is 9.59 Å². The second-order valence-corrected chi connectivity index (χ2v) is 7.97. The van der Waals surface area contributed by atoms with Gasteiger partial charge in [0.15, 0.2) is 0 Å². The van der Waals surface area contributed by atoms with E-state index in [4.69, 9.17) is 34.8 Å². The molecule has 0 bridgehead atoms. The molecule has 32 heavy (non-hydrogen) atoms. The Labute approximate surface area is 198 Å². The summed E-state index contributed by atoms with van der Waals surface area (Å²) in [4.78, 5) is 26.0. The summed E-state index contributed by atoms with van der Waals surface area (Å²) in [6.45, 7) is 0. The molecule has 1 aromatic heterocycles. The van der Waals surface area contributed by atoms with Crippen molar-refractivity contribution < 1.29 is 9.59 Å². The monoisotopic (exact) mass is 484 g/mol. The smallest absolute Gasteiger partial charge is 0.261 e. The van der Waals surface area contributed by atoms with Crippen molar-refractivity contribution in [3.63, 3.8) is 0 Å². The molecule has 3 aromatic carbocycles. The molecule has 0 unspecified atom stereocenters. The molecule has 0 aliphatic carbocycles. The van der Waals surface area contributed by atoms with Crippen molar-refractivity contribution in [3.8, 4) is 5.69 Å². The van der Waals surface area contributed by atoms with Gasteiger partial charge in [0.25, 0.3) is 11.8 Å². The minimum absolute atomic E-state index is 0.169. The zero-order valence-electron chi connectivity index (χ0n) is 16.4. The van der Waals surface area contributed by atoms with Crippen molar-refractivity contribution in [2.24, 2.45) is 0 Å². The Bertz CT molecular complexity index is 1290. The van der Waals surface area contributed by atoms with Crippen molar-refractivity contribution in [1.29, 1.82) is 0 Å². The standard InChI is InChI=1S/C23H15Cl3N4O2/c24-14-6-9-16(10-7-14)28-23(32)19-13-27-30(17-4-2-1-3-5-17)21(19)29-22(31)18-11-8-15(25)12-20(18)26/h1-13H,(H,28,32)(H,29,31). The van der Waals surface area contributed by atoms with Crippen LogP contribution in [0.1, 0.15) is 20.7 Å². The second kappa shape index (κ2) is 9.44. The summed E-state index contributed by atoms with van der Waals surface area (Å²) in [7, 11) is 0. The van der Waals surface area contributed by atoms with Gasteiger partial charge < -0.3 is 10.6 Å². The molecule has 0 atom stereocenters. The zero-order valence-corrected chi connectivity index (χ0v) is 18.6. The maximum atomic E-state index is 13.0. The summed E-state index contributed by atoms with van der Waals surface area (Å²) in [5.41, 5.74) is 1.59. The van der Waals surface area contributed by atoms with Crippen LogP contribution in [0.15, 0.2) is 79.0 Å². The number of aromatic nitrogens is 2. The number of hydrogen-bond donors (Lipinski definition) is 2. The van der Waals surface area contributed by atoms with Crippen LogP contribution in [0, 0.1) is 0 Å². The Balaban J connectivity index is 1.71. The lowest BCUT2D eigenvalue weighted by Gasteiger charge is -2.12. The summed E-state index contributed by atoms with van der Waals surface area (Å²) < 4.78 is 1.47. The van der Waals surface area contributed by atoms with E-state index in [2.05, 4.69) is 15.7 Å². The Morgan fingerprint density at radius 1 is 0.750 bits per heavy atom. The third-order valence-corrected chi connectivity index (χ3v) is 5.32. The van der Waals surface area contributed by atoms with Gasteiger partial charge >= 0.3 is 0 Å². The summed E-state index contributed by atoms with van der Waals surface area (Å²) in [5.74, 6) is -0.768. The van der Waals surface area contributed by atoms with Gasteiger partial charge in [0.05, 0.1) is 22.5 Å². The number of nitrogens with zero attached hydrogens (tertiary/aromatic N) is 2. The Hall–Kier alpha value is -3.32. The molecule has 4 rings (SSSR count). The fourth-order valence-corrected chi connectivity index (χ4v) is 3.60. The molecule has 9 heteroatoms. The fraction of sp³-hybridized carbons (Fsp3) is 0. The van der Waals surface area contributed by atoms with Crippen molar-refractivity contribution in [2.45, 2.75) is 0 Å². The van der Waals surface area contributed by atoms with E-state index in [-0.39, 0.29) is 22.0 Å². The molecular weight excluding hydrogens is 471 g/mol. The van der Waals surface area contributed by atoms with Crippen molar-refractivity contribution in [3.05, 3.63) is 105 Å². The van der Waals surface area contributed by atoms with E-state index in [1.54, 1.807) is 42.5 Å². The molecule has 0 aliphatic rings. The first-order valence-corrected chi connectivity index (χ1v) is 10.5. The quantitative estimate of drug-likeness (QED) is 0.346. The molecule has 0 saturated carbocycles. The van der Waals surface area contributed by atoms with Gasteiger partial charge in [-0.1, -0.05) is 53.0 Å². The van der Waals surface area contributed by atoms with Gasteiger partial charge in [-0.2, -0.15) is 5.10 Å². The van der Waals surface area contributed by atoms with Crippen LogP contribution in [0.3, 0.4) is 0 Å². The molecule has 4 aromatic rings. The van der Waals surface area contributed by atoms with Gasteiger partial charge in [-0.05, 0) is 54.6 Å². The largest absolute Gasteiger partial charge is 0.322 e. The van der Waals surface area contributed by atoms with Crippen LogP contribution < -0.4 is 10.6 Å². The first-order chi connectivity index (χ1) is 15.4. The minimum Gasteiger partial charge on any atom is -0.322 e. The molecule has 2 amide bonds. The average molecular weight is 486 g/mol. The minimum atomic E-state index is -0.509. The van der Waals surface area contributed by atoms with Crippen molar-refractivity contribution in [1.82, 2.24) is 9.78 Å². The van der Waals surface area contributed by atoms with Crippen LogP contribution in [-0.2, 0) is 0 Å². The number of para-hydroxylation sites is 1. The Morgan fingerprint density at radius 3 is 2.09 bits per heavy atom. The van der Waals surface area contributed by atoms with Gasteiger partial charge in [-0.15, -0.1) is 0 Å². The van der Waals surface area contributed by atoms with E-state index in [1.807, 2.05) is 18.2 Å². The van der Waals surface area contributed by atoms with Crippen molar-refractivity contribution >= 4 is 58.1 Å². The van der Waals surface area contributed by atoms with Crippen LogP contribution >= 0.6 is 34.8 Å². The Kier molecular flexibility index (Phi) is 6.46. The predicted octanol–water partition coefficient (Wildman–Crippen LogP) is 6.34. The van der Waals surface area contributed by atoms with Crippen LogP contribution in [0.25, 0.3) is 5.69 Å². The highest BCUT2D eigenvalue weighted by molar-refractivity contribution is 6.37. The van der Waals surface area contributed by atoms with E-state index >= 15 is 0 Å². The van der Waals surface area contributed by atoms with Crippen LogP contribution in [0.4, 0.5) is 11.5 Å². The predicted molar refractivity (Wildman–Crippen MR) is 127 cm³/mol. The van der Waals surface area contributed by atoms with E-state index in [0.717, 1.165) is 0 Å². The highest BCUT2D eigenvalue weighted by Gasteiger charge is 2.22. The number of amides is 2. The topological polar surface area (TPSA) is 76.0 Å². The van der Waals surface area contributed by atoms with Crippen LogP contribution in [0.2, 0.25) is 15.1 Å². The van der Waals surface area contributed by atoms with E-state index in [0.29, 0.717) is 21.4 Å². The normalized spacial score (nSPS) is 10.6. The summed E-state index contributed by atoms with van der Waals surface area (Å²) in [6.07, 6.45) is 1.39. The second-order valence-electron chi connectivity index (χ2n) is 6.69. The number of carbonyl (C=O) groups is 2. The van der Waals surface area contributed by atoms with Crippen LogP contribution in [-0.4, -0.2) is 21.6 Å². The Morgan fingerprint density at radius 2 is 1.41 bits per heavy atom. The number of halogens is 3. The van der Waals surface area contributed by atoms with E-state index < -0.39 is 11.8 Å². The molecule has 0 aliphatic heterocycles. The van der Waals surface area contributed by atoms with Gasteiger partial charge in [0, 0.05) is 15.7 Å². The first kappa shape index (κ1) is 21.9. The van der Waals surface area contributed by atoms with E-state index in [1.165, 1.54) is 23.0 Å². The molecule has 0 spiro atoms. The molecule has 1 heterocycles. The highest BCUT2D eigenvalue weighted by atomic mass is 35.5. The maximum absolute atomic E-state index is 13.0.